The number of likely N-dealkylation sites (tertiary alicyclic amines) is 1. The molecule has 1 aliphatic rings. The lowest BCUT2D eigenvalue weighted by atomic mass is 9.91. The summed E-state index contributed by atoms with van der Waals surface area (Å²) in [5.74, 6) is -2.19. The Morgan fingerprint density at radius 2 is 1.51 bits per heavy atom. The molecule has 14 nitrogen and oxygen atoms in total. The average Bonchev–Trinajstić information content (AvgIpc) is 3.74. The molecule has 0 bridgehead atoms. The molecule has 0 saturated carbocycles. The van der Waals surface area contributed by atoms with Crippen molar-refractivity contribution in [1.82, 2.24) is 25.3 Å². The van der Waals surface area contributed by atoms with Gasteiger partial charge in [0.25, 0.3) is 0 Å². The fraction of sp³-hybridized carbons (Fsp3) is 0.638. The number of nitrogens with one attached hydrogen (secondary N) is 3. The zero-order chi connectivity index (χ0) is 45.6. The van der Waals surface area contributed by atoms with Gasteiger partial charge in [0.2, 0.25) is 23.6 Å². The van der Waals surface area contributed by atoms with Crippen LogP contribution in [0.25, 0.3) is 0 Å². The molecule has 0 aromatic heterocycles. The third kappa shape index (κ3) is 13.7. The molecule has 9 atom stereocenters. The summed E-state index contributed by atoms with van der Waals surface area (Å²) >= 11 is 0. The lowest BCUT2D eigenvalue weighted by Gasteiger charge is -2.38. The van der Waals surface area contributed by atoms with Gasteiger partial charge in [-0.1, -0.05) is 97.4 Å². The van der Waals surface area contributed by atoms with Gasteiger partial charge in [-0.3, -0.25) is 24.1 Å². The number of ether oxygens (including phenoxy) is 2. The summed E-state index contributed by atoms with van der Waals surface area (Å²) in [5.41, 5.74) is 2.44. The second-order valence-electron chi connectivity index (χ2n) is 17.4. The van der Waals surface area contributed by atoms with Crippen LogP contribution in [0.1, 0.15) is 105 Å². The fourth-order valence-electron chi connectivity index (χ4n) is 8.40. The van der Waals surface area contributed by atoms with Crippen LogP contribution in [-0.4, -0.2) is 121 Å². The number of anilines is 1. The molecule has 3 rings (SSSR count). The molecule has 340 valence electrons. The molecule has 14 heteroatoms. The number of carbonyl (C=O) groups excluding carboxylic acids is 5. The summed E-state index contributed by atoms with van der Waals surface area (Å²) in [6, 6.07) is 13.7. The molecule has 4 N–H and O–H groups in total. The Morgan fingerprint density at radius 3 is 2.07 bits per heavy atom. The van der Waals surface area contributed by atoms with Crippen LogP contribution in [0.2, 0.25) is 0 Å². The van der Waals surface area contributed by atoms with E-state index in [1.54, 1.807) is 32.9 Å². The van der Waals surface area contributed by atoms with Crippen LogP contribution in [0.4, 0.5) is 10.5 Å². The number of hydrogen-bond donors (Lipinski definition) is 4. The van der Waals surface area contributed by atoms with Crippen molar-refractivity contribution < 1.29 is 38.6 Å². The first-order chi connectivity index (χ1) is 28.9. The number of aliphatic hydroxyl groups excluding tert-OH is 1. The normalized spacial score (nSPS) is 18.0. The van der Waals surface area contributed by atoms with Crippen LogP contribution < -0.4 is 16.0 Å². The molecule has 0 unspecified atom stereocenters. The van der Waals surface area contributed by atoms with Crippen LogP contribution in [-0.2, 0) is 35.3 Å². The number of likely N-dealkylation sites (N-methyl/N-ethyl adjacent to an activating group) is 2. The highest BCUT2D eigenvalue weighted by molar-refractivity contribution is 5.91. The third-order valence-electron chi connectivity index (χ3n) is 12.4. The number of rotatable bonds is 22. The number of methoxy groups -OCH3 is 1. The van der Waals surface area contributed by atoms with Gasteiger partial charge in [-0.2, -0.15) is 0 Å². The molecular weight excluding hydrogens is 777 g/mol. The standard InChI is InChI=1S/C47H74N6O8/c1-13-31(6)37(25-26-39(54)53-27-17-20-38(53)43(60-12)32(7)44(56)49-33(8)42(55)35-18-15-14-16-19-35)51(10)46(58)40(29(2)3)50-45(57)41(30(4)5)52(11)47(59)61-28-34-21-23-36(48-9)24-22-34/h14-16,18-19,21-24,29-33,37-38,40-43,48,55H,13,17,20,25-28H2,1-12H3,(H,49,56)(H,50,57)/t31-,32+,33+,37+,38-,40-,41-,42+,43+/m0/s1. The van der Waals surface area contributed by atoms with Gasteiger partial charge in [-0.25, -0.2) is 4.79 Å². The largest absolute Gasteiger partial charge is 0.445 e. The van der Waals surface area contributed by atoms with Crippen molar-refractivity contribution in [2.24, 2.45) is 23.7 Å². The van der Waals surface area contributed by atoms with Gasteiger partial charge >= 0.3 is 6.09 Å². The van der Waals surface area contributed by atoms with Crippen LogP contribution in [0.3, 0.4) is 0 Å². The number of hydrogen-bond acceptors (Lipinski definition) is 9. The van der Waals surface area contributed by atoms with Crippen molar-refractivity contribution in [2.45, 2.75) is 137 Å². The van der Waals surface area contributed by atoms with Crippen molar-refractivity contribution in [3.05, 3.63) is 65.7 Å². The molecule has 1 aliphatic heterocycles. The van der Waals surface area contributed by atoms with Crippen molar-refractivity contribution in [1.29, 1.82) is 0 Å². The average molecular weight is 851 g/mol. The van der Waals surface area contributed by atoms with Crippen LogP contribution in [0, 0.1) is 23.7 Å². The van der Waals surface area contributed by atoms with E-state index in [9.17, 15) is 29.1 Å². The number of benzene rings is 2. The van der Waals surface area contributed by atoms with Gasteiger partial charge in [-0.15, -0.1) is 0 Å². The Balaban J connectivity index is 1.68. The molecule has 2 aromatic rings. The Bertz CT molecular complexity index is 1710. The van der Waals surface area contributed by atoms with Gasteiger partial charge in [0, 0.05) is 52.9 Å². The molecule has 0 radical (unpaired) electrons. The summed E-state index contributed by atoms with van der Waals surface area (Å²) in [4.78, 5) is 73.8. The highest BCUT2D eigenvalue weighted by atomic mass is 16.6. The van der Waals surface area contributed by atoms with E-state index in [1.807, 2.05) is 101 Å². The van der Waals surface area contributed by atoms with E-state index in [0.29, 0.717) is 24.9 Å². The van der Waals surface area contributed by atoms with Gasteiger partial charge < -0.3 is 40.3 Å². The maximum atomic E-state index is 14.3. The SMILES string of the molecule is CC[C@H](C)[C@@H](CCC(=O)N1CCC[C@H]1[C@H](OC)[C@@H](C)C(=O)N[C@H](C)[C@@H](O)c1ccccc1)N(C)C(=O)[C@@H](NC(=O)[C@H](C(C)C)N(C)C(=O)OCc1ccc(NC)cc1)C(C)C. The molecule has 5 amide bonds. The Morgan fingerprint density at radius 1 is 0.869 bits per heavy atom. The lowest BCUT2D eigenvalue weighted by molar-refractivity contribution is -0.142. The molecule has 1 saturated heterocycles. The molecule has 2 aromatic carbocycles. The van der Waals surface area contributed by atoms with E-state index in [1.165, 1.54) is 11.9 Å². The number of nitrogens with zero attached hydrogens (tertiary/aromatic N) is 3. The van der Waals surface area contributed by atoms with Gasteiger partial charge in [-0.05, 0) is 67.2 Å². The second-order valence-corrected chi connectivity index (χ2v) is 17.4. The topological polar surface area (TPSA) is 170 Å². The fourth-order valence-corrected chi connectivity index (χ4v) is 8.40. The lowest BCUT2D eigenvalue weighted by Crippen LogP contribution is -2.58. The quantitative estimate of drug-likeness (QED) is 0.111. The van der Waals surface area contributed by atoms with E-state index in [-0.39, 0.29) is 60.6 Å². The molecule has 1 heterocycles. The summed E-state index contributed by atoms with van der Waals surface area (Å²) < 4.78 is 11.5. The molecule has 0 aliphatic carbocycles. The van der Waals surface area contributed by atoms with Crippen LogP contribution >= 0.6 is 0 Å². The molecule has 0 spiro atoms. The summed E-state index contributed by atoms with van der Waals surface area (Å²) in [6.45, 7) is 15.6. The highest BCUT2D eigenvalue weighted by Gasteiger charge is 2.41. The molecular formula is C47H74N6O8. The zero-order valence-electron chi connectivity index (χ0n) is 38.6. The smallest absolute Gasteiger partial charge is 0.410 e. The first kappa shape index (κ1) is 50.7. The maximum Gasteiger partial charge on any atom is 0.410 e. The second kappa shape index (κ2) is 24.1. The predicted molar refractivity (Wildman–Crippen MR) is 238 cm³/mol. The minimum absolute atomic E-state index is 0.0410. The van der Waals surface area contributed by atoms with Crippen molar-refractivity contribution in [3.8, 4) is 0 Å². The Hall–Kier alpha value is -4.69. The molecule has 1 fully saturated rings. The summed E-state index contributed by atoms with van der Waals surface area (Å²) in [5, 5.41) is 19.8. The van der Waals surface area contributed by atoms with Crippen molar-refractivity contribution in [2.75, 3.05) is 40.1 Å². The number of carbonyl (C=O) groups is 5. The highest BCUT2D eigenvalue weighted by Crippen LogP contribution is 2.29. The predicted octanol–water partition coefficient (Wildman–Crippen LogP) is 6.00. The summed E-state index contributed by atoms with van der Waals surface area (Å²) in [7, 11) is 6.63. The van der Waals surface area contributed by atoms with Crippen molar-refractivity contribution in [3.63, 3.8) is 0 Å². The minimum atomic E-state index is -0.899. The van der Waals surface area contributed by atoms with E-state index >= 15 is 0 Å². The van der Waals surface area contributed by atoms with E-state index < -0.39 is 48.3 Å². The number of aliphatic hydroxyl groups is 1. The Kier molecular flexibility index (Phi) is 20.0. The molecule has 61 heavy (non-hydrogen) atoms. The first-order valence-electron chi connectivity index (χ1n) is 22.0. The van der Waals surface area contributed by atoms with Crippen LogP contribution in [0.5, 0.6) is 0 Å². The monoisotopic (exact) mass is 851 g/mol. The minimum Gasteiger partial charge on any atom is -0.445 e. The van der Waals surface area contributed by atoms with E-state index in [2.05, 4.69) is 22.9 Å². The van der Waals surface area contributed by atoms with Gasteiger partial charge in [0.1, 0.15) is 18.7 Å². The maximum absolute atomic E-state index is 14.3. The summed E-state index contributed by atoms with van der Waals surface area (Å²) in [6.07, 6.45) is 0.700. The van der Waals surface area contributed by atoms with Crippen LogP contribution in [0.15, 0.2) is 54.6 Å². The van der Waals surface area contributed by atoms with Gasteiger partial charge in [0.15, 0.2) is 0 Å². The number of amides is 5. The van der Waals surface area contributed by atoms with Gasteiger partial charge in [0.05, 0.1) is 30.2 Å². The zero-order valence-corrected chi connectivity index (χ0v) is 38.6. The van der Waals surface area contributed by atoms with E-state index in [4.69, 9.17) is 9.47 Å². The first-order valence-corrected chi connectivity index (χ1v) is 22.0. The van der Waals surface area contributed by atoms with Crippen molar-refractivity contribution >= 4 is 35.4 Å². The Labute approximate surface area is 364 Å². The van der Waals surface area contributed by atoms with E-state index in [0.717, 1.165) is 24.1 Å². The third-order valence-corrected chi connectivity index (χ3v) is 12.4.